The van der Waals surface area contributed by atoms with Gasteiger partial charge >= 0.3 is 5.97 Å². The first-order valence-electron chi connectivity index (χ1n) is 6.53. The fourth-order valence-corrected chi connectivity index (χ4v) is 2.98. The van der Waals surface area contributed by atoms with E-state index in [-0.39, 0.29) is 0 Å². The second kappa shape index (κ2) is 6.62. The number of carbonyl (C=O) groups is 1. The highest BCUT2D eigenvalue weighted by atomic mass is 32.1. The van der Waals surface area contributed by atoms with E-state index in [0.717, 1.165) is 22.8 Å². The van der Waals surface area contributed by atoms with E-state index in [1.54, 1.807) is 13.2 Å². The predicted octanol–water partition coefficient (Wildman–Crippen LogP) is 2.92. The molecule has 6 nitrogen and oxygen atoms in total. The molecule has 21 heavy (non-hydrogen) atoms. The van der Waals surface area contributed by atoms with Crippen molar-refractivity contribution in [1.82, 2.24) is 4.98 Å². The van der Waals surface area contributed by atoms with Crippen LogP contribution in [-0.4, -0.2) is 38.8 Å². The number of nitrogens with zero attached hydrogens (tertiary/aromatic N) is 1. The number of carbonyl (C=O) groups excluding carboxylic acids is 1. The number of methoxy groups -OCH3 is 3. The first-order valence-corrected chi connectivity index (χ1v) is 7.35. The number of fused-ring (bicyclic) bond motifs is 1. The number of ether oxygens (including phenoxy) is 3. The topological polar surface area (TPSA) is 69.7 Å². The minimum atomic E-state index is -0.451. The molecule has 0 saturated heterocycles. The highest BCUT2D eigenvalue weighted by Crippen LogP contribution is 2.42. The highest BCUT2D eigenvalue weighted by molar-refractivity contribution is 7.22. The molecule has 0 aliphatic rings. The first-order chi connectivity index (χ1) is 10.2. The first kappa shape index (κ1) is 15.4. The summed E-state index contributed by atoms with van der Waals surface area (Å²) in [4.78, 5) is 16.4. The van der Waals surface area contributed by atoms with Crippen molar-refractivity contribution < 1.29 is 19.0 Å². The summed E-state index contributed by atoms with van der Waals surface area (Å²) in [5.41, 5.74) is 0.925. The molecule has 0 radical (unpaired) electrons. The number of nitrogens with one attached hydrogen (secondary N) is 1. The number of hydrogen-bond acceptors (Lipinski definition) is 7. The zero-order valence-corrected chi connectivity index (χ0v) is 13.3. The lowest BCUT2D eigenvalue weighted by molar-refractivity contribution is 0.0602. The molecule has 0 amide bonds. The molecule has 1 aromatic carbocycles. The Bertz CT molecular complexity index is 654. The van der Waals surface area contributed by atoms with Gasteiger partial charge in [-0.2, -0.15) is 0 Å². The van der Waals surface area contributed by atoms with E-state index in [2.05, 4.69) is 17.2 Å². The molecular weight excluding hydrogens is 292 g/mol. The molecule has 2 aromatic rings. The van der Waals surface area contributed by atoms with Gasteiger partial charge in [0.25, 0.3) is 0 Å². The van der Waals surface area contributed by atoms with Gasteiger partial charge in [-0.1, -0.05) is 18.3 Å². The lowest BCUT2D eigenvalue weighted by atomic mass is 10.1. The summed E-state index contributed by atoms with van der Waals surface area (Å²) in [5, 5.41) is 3.96. The Labute approximate surface area is 127 Å². The predicted molar refractivity (Wildman–Crippen MR) is 82.8 cm³/mol. The number of aromatic nitrogens is 1. The van der Waals surface area contributed by atoms with Crippen molar-refractivity contribution >= 4 is 32.7 Å². The summed E-state index contributed by atoms with van der Waals surface area (Å²) in [5.74, 6) is 0.603. The van der Waals surface area contributed by atoms with Crippen LogP contribution >= 0.6 is 11.3 Å². The number of hydrogen-bond donors (Lipinski definition) is 1. The quantitative estimate of drug-likeness (QED) is 0.827. The van der Waals surface area contributed by atoms with E-state index in [1.165, 1.54) is 25.6 Å². The van der Waals surface area contributed by atoms with Gasteiger partial charge in [0.1, 0.15) is 10.2 Å². The van der Waals surface area contributed by atoms with Crippen molar-refractivity contribution in [3.05, 3.63) is 11.6 Å². The number of esters is 1. The molecule has 2 rings (SSSR count). The number of benzene rings is 1. The largest absolute Gasteiger partial charge is 0.493 e. The number of rotatable bonds is 6. The maximum absolute atomic E-state index is 11.9. The zero-order valence-electron chi connectivity index (χ0n) is 12.5. The van der Waals surface area contributed by atoms with Crippen molar-refractivity contribution in [1.29, 1.82) is 0 Å². The molecule has 0 spiro atoms. The van der Waals surface area contributed by atoms with Gasteiger partial charge in [-0.05, 0) is 6.42 Å². The van der Waals surface area contributed by atoms with E-state index in [1.807, 2.05) is 0 Å². The number of thiazole rings is 1. The van der Waals surface area contributed by atoms with Gasteiger partial charge < -0.3 is 19.5 Å². The molecule has 1 heterocycles. The van der Waals surface area contributed by atoms with Crippen molar-refractivity contribution in [2.75, 3.05) is 33.2 Å². The van der Waals surface area contributed by atoms with Crippen LogP contribution in [-0.2, 0) is 4.74 Å². The third-order valence-corrected chi connectivity index (χ3v) is 3.96. The normalized spacial score (nSPS) is 10.5. The van der Waals surface area contributed by atoms with Crippen LogP contribution in [0.2, 0.25) is 0 Å². The van der Waals surface area contributed by atoms with Crippen LogP contribution in [0.15, 0.2) is 6.07 Å². The van der Waals surface area contributed by atoms with Crippen LogP contribution in [0, 0.1) is 0 Å². The second-order valence-electron chi connectivity index (χ2n) is 4.27. The van der Waals surface area contributed by atoms with Gasteiger partial charge in [-0.25, -0.2) is 9.78 Å². The summed E-state index contributed by atoms with van der Waals surface area (Å²) in [6, 6.07) is 1.59. The average molecular weight is 310 g/mol. The standard InChI is InChI=1S/C14H18N2O4S/c1-5-6-15-14-16-10-8(13(17)20-4)7-9(18-2)11(19-3)12(10)21-14/h7H,5-6H2,1-4H3,(H,15,16). The Hall–Kier alpha value is -2.02. The van der Waals surface area contributed by atoms with E-state index in [4.69, 9.17) is 14.2 Å². The van der Waals surface area contributed by atoms with Crippen molar-refractivity contribution in [2.24, 2.45) is 0 Å². The third kappa shape index (κ3) is 2.87. The van der Waals surface area contributed by atoms with E-state index in [9.17, 15) is 4.79 Å². The maximum atomic E-state index is 11.9. The molecule has 0 saturated carbocycles. The van der Waals surface area contributed by atoms with Crippen LogP contribution < -0.4 is 14.8 Å². The van der Waals surface area contributed by atoms with E-state index >= 15 is 0 Å². The van der Waals surface area contributed by atoms with Crippen LogP contribution in [0.4, 0.5) is 5.13 Å². The van der Waals surface area contributed by atoms with Crippen molar-refractivity contribution in [2.45, 2.75) is 13.3 Å². The SMILES string of the molecule is CCCNc1nc2c(C(=O)OC)cc(OC)c(OC)c2s1. The fraction of sp³-hybridized carbons (Fsp3) is 0.429. The molecule has 114 valence electrons. The molecule has 0 aliphatic carbocycles. The molecule has 7 heteroatoms. The molecule has 1 aromatic heterocycles. The molecular formula is C14H18N2O4S. The lowest BCUT2D eigenvalue weighted by Gasteiger charge is -2.10. The summed E-state index contributed by atoms with van der Waals surface area (Å²) in [6.07, 6.45) is 0.986. The number of anilines is 1. The van der Waals surface area contributed by atoms with Crippen LogP contribution in [0.1, 0.15) is 23.7 Å². The molecule has 0 fully saturated rings. The van der Waals surface area contributed by atoms with Gasteiger partial charge in [0.15, 0.2) is 16.6 Å². The van der Waals surface area contributed by atoms with Gasteiger partial charge in [-0.3, -0.25) is 0 Å². The van der Waals surface area contributed by atoms with Gasteiger partial charge in [-0.15, -0.1) is 0 Å². The summed E-state index contributed by atoms with van der Waals surface area (Å²) < 4.78 is 16.3. The molecule has 0 unspecified atom stereocenters. The lowest BCUT2D eigenvalue weighted by Crippen LogP contribution is -2.04. The van der Waals surface area contributed by atoms with Crippen LogP contribution in [0.5, 0.6) is 11.5 Å². The van der Waals surface area contributed by atoms with Gasteiger partial charge in [0.05, 0.1) is 26.9 Å². The van der Waals surface area contributed by atoms with E-state index < -0.39 is 5.97 Å². The van der Waals surface area contributed by atoms with Crippen LogP contribution in [0.3, 0.4) is 0 Å². The Morgan fingerprint density at radius 2 is 2.10 bits per heavy atom. The monoisotopic (exact) mass is 310 g/mol. The molecule has 0 bridgehead atoms. The molecule has 1 N–H and O–H groups in total. The molecule has 0 aliphatic heterocycles. The summed E-state index contributed by atoms with van der Waals surface area (Å²) in [6.45, 7) is 2.89. The Kier molecular flexibility index (Phi) is 4.85. The second-order valence-corrected chi connectivity index (χ2v) is 5.27. The minimum absolute atomic E-state index is 0.367. The third-order valence-electron chi connectivity index (χ3n) is 2.94. The minimum Gasteiger partial charge on any atom is -0.493 e. The average Bonchev–Trinajstić information content (AvgIpc) is 2.93. The Morgan fingerprint density at radius 1 is 1.33 bits per heavy atom. The van der Waals surface area contributed by atoms with Crippen molar-refractivity contribution in [3.63, 3.8) is 0 Å². The smallest absolute Gasteiger partial charge is 0.340 e. The molecule has 0 atom stereocenters. The van der Waals surface area contributed by atoms with E-state index in [0.29, 0.717) is 22.6 Å². The maximum Gasteiger partial charge on any atom is 0.340 e. The van der Waals surface area contributed by atoms with Gasteiger partial charge in [0, 0.05) is 12.6 Å². The van der Waals surface area contributed by atoms with Gasteiger partial charge in [0.2, 0.25) is 0 Å². The van der Waals surface area contributed by atoms with Crippen LogP contribution in [0.25, 0.3) is 10.2 Å². The Morgan fingerprint density at radius 3 is 2.67 bits per heavy atom. The highest BCUT2D eigenvalue weighted by Gasteiger charge is 2.22. The van der Waals surface area contributed by atoms with Crippen molar-refractivity contribution in [3.8, 4) is 11.5 Å². The summed E-state index contributed by atoms with van der Waals surface area (Å²) >= 11 is 1.43. The summed E-state index contributed by atoms with van der Waals surface area (Å²) in [7, 11) is 4.43. The Balaban J connectivity index is 2.66. The zero-order chi connectivity index (χ0) is 15.4. The fourth-order valence-electron chi connectivity index (χ4n) is 1.95.